The van der Waals surface area contributed by atoms with Crippen LogP contribution in [0, 0.1) is 11.8 Å². The van der Waals surface area contributed by atoms with Crippen LogP contribution in [0.4, 0.5) is 0 Å². The maximum absolute atomic E-state index is 12.3. The summed E-state index contributed by atoms with van der Waals surface area (Å²) in [5.74, 6) is 0.922. The molecule has 0 amide bonds. The Morgan fingerprint density at radius 1 is 1.19 bits per heavy atom. The zero-order valence-corrected chi connectivity index (χ0v) is 10.6. The molecule has 1 aromatic carbocycles. The molecule has 1 unspecified atom stereocenters. The molecule has 0 aliphatic carbocycles. The molecule has 0 bridgehead atoms. The average Bonchev–Trinajstić information content (AvgIpc) is 2.30. The van der Waals surface area contributed by atoms with Crippen molar-refractivity contribution in [1.82, 2.24) is 0 Å². The van der Waals surface area contributed by atoms with Crippen molar-refractivity contribution in [2.24, 2.45) is 11.8 Å². The van der Waals surface area contributed by atoms with Crippen molar-refractivity contribution in [3.8, 4) is 0 Å². The summed E-state index contributed by atoms with van der Waals surface area (Å²) in [5, 5.41) is 0. The van der Waals surface area contributed by atoms with E-state index in [-0.39, 0.29) is 5.92 Å². The van der Waals surface area contributed by atoms with Crippen molar-refractivity contribution in [1.29, 1.82) is 0 Å². The predicted molar refractivity (Wildman–Crippen MR) is 68.6 cm³/mol. The number of hydrogen-bond acceptors (Lipinski definition) is 1. The Kier molecular flexibility index (Phi) is 5.24. The smallest absolute Gasteiger partial charge is 0.166 e. The van der Waals surface area contributed by atoms with Crippen LogP contribution in [-0.2, 0) is 0 Å². The first-order chi connectivity index (χ1) is 7.66. The van der Waals surface area contributed by atoms with Gasteiger partial charge < -0.3 is 0 Å². The van der Waals surface area contributed by atoms with Crippen LogP contribution < -0.4 is 0 Å². The number of Topliss-reactive ketones (excluding diaryl/α,β-unsaturated/α-hetero) is 1. The molecule has 1 aromatic rings. The Morgan fingerprint density at radius 3 is 2.31 bits per heavy atom. The Morgan fingerprint density at radius 2 is 1.81 bits per heavy atom. The van der Waals surface area contributed by atoms with E-state index < -0.39 is 0 Å². The third-order valence-corrected chi connectivity index (χ3v) is 3.07. The molecule has 1 rings (SSSR count). The predicted octanol–water partition coefficient (Wildman–Crippen LogP) is 4.33. The van der Waals surface area contributed by atoms with Gasteiger partial charge in [-0.3, -0.25) is 4.79 Å². The Balaban J connectivity index is 2.75. The molecule has 0 fully saturated rings. The van der Waals surface area contributed by atoms with E-state index >= 15 is 0 Å². The van der Waals surface area contributed by atoms with Gasteiger partial charge >= 0.3 is 0 Å². The molecule has 1 nitrogen and oxygen atoms in total. The minimum absolute atomic E-state index is 0.183. The van der Waals surface area contributed by atoms with Gasteiger partial charge in [-0.1, -0.05) is 63.9 Å². The highest BCUT2D eigenvalue weighted by molar-refractivity contribution is 5.97. The van der Waals surface area contributed by atoms with E-state index in [1.54, 1.807) is 0 Å². The van der Waals surface area contributed by atoms with Crippen LogP contribution in [0.3, 0.4) is 0 Å². The van der Waals surface area contributed by atoms with Crippen molar-refractivity contribution in [3.63, 3.8) is 0 Å². The fourth-order valence-electron chi connectivity index (χ4n) is 2.01. The SMILES string of the molecule is CCCCC(C(=O)c1ccccc1)C(C)C. The maximum atomic E-state index is 12.3. The van der Waals surface area contributed by atoms with E-state index in [2.05, 4.69) is 20.8 Å². The second-order valence-corrected chi connectivity index (χ2v) is 4.72. The molecule has 0 aliphatic heterocycles. The summed E-state index contributed by atoms with van der Waals surface area (Å²) in [6.07, 6.45) is 3.31. The summed E-state index contributed by atoms with van der Waals surface area (Å²) in [4.78, 5) is 12.3. The summed E-state index contributed by atoms with van der Waals surface area (Å²) >= 11 is 0. The van der Waals surface area contributed by atoms with E-state index in [9.17, 15) is 4.79 Å². The molecule has 0 radical (unpaired) electrons. The monoisotopic (exact) mass is 218 g/mol. The highest BCUT2D eigenvalue weighted by atomic mass is 16.1. The van der Waals surface area contributed by atoms with E-state index in [4.69, 9.17) is 0 Å². The molecule has 16 heavy (non-hydrogen) atoms. The fourth-order valence-corrected chi connectivity index (χ4v) is 2.01. The second kappa shape index (κ2) is 6.47. The second-order valence-electron chi connectivity index (χ2n) is 4.72. The lowest BCUT2D eigenvalue weighted by atomic mass is 9.84. The number of hydrogen-bond donors (Lipinski definition) is 0. The van der Waals surface area contributed by atoms with Crippen LogP contribution in [0.25, 0.3) is 0 Å². The molecular weight excluding hydrogens is 196 g/mol. The number of ketones is 1. The molecule has 88 valence electrons. The van der Waals surface area contributed by atoms with Crippen LogP contribution in [0.15, 0.2) is 30.3 Å². The third-order valence-electron chi connectivity index (χ3n) is 3.07. The highest BCUT2D eigenvalue weighted by Gasteiger charge is 2.22. The first-order valence-electron chi connectivity index (χ1n) is 6.26. The summed E-state index contributed by atoms with van der Waals surface area (Å²) in [5.41, 5.74) is 0.859. The van der Waals surface area contributed by atoms with Gasteiger partial charge in [0.05, 0.1) is 0 Å². The molecule has 0 N–H and O–H groups in total. The van der Waals surface area contributed by atoms with E-state index in [1.165, 1.54) is 0 Å². The number of carbonyl (C=O) groups is 1. The van der Waals surface area contributed by atoms with Crippen molar-refractivity contribution in [2.75, 3.05) is 0 Å². The topological polar surface area (TPSA) is 17.1 Å². The number of unbranched alkanes of at least 4 members (excludes halogenated alkanes) is 1. The minimum Gasteiger partial charge on any atom is -0.294 e. The van der Waals surface area contributed by atoms with Gasteiger partial charge in [0, 0.05) is 11.5 Å². The van der Waals surface area contributed by atoms with E-state index in [0.717, 1.165) is 24.8 Å². The quantitative estimate of drug-likeness (QED) is 0.649. The van der Waals surface area contributed by atoms with Gasteiger partial charge in [0.1, 0.15) is 0 Å². The van der Waals surface area contributed by atoms with Gasteiger partial charge in [-0.25, -0.2) is 0 Å². The Hall–Kier alpha value is -1.11. The Bertz CT molecular complexity index is 313. The van der Waals surface area contributed by atoms with Crippen molar-refractivity contribution in [2.45, 2.75) is 40.0 Å². The van der Waals surface area contributed by atoms with Gasteiger partial charge in [0.25, 0.3) is 0 Å². The standard InChI is InChI=1S/C15H22O/c1-4-5-11-14(12(2)3)15(16)13-9-7-6-8-10-13/h6-10,12,14H,4-5,11H2,1-3H3. The van der Waals surface area contributed by atoms with Crippen LogP contribution >= 0.6 is 0 Å². The lowest BCUT2D eigenvalue weighted by molar-refractivity contribution is 0.0875. The summed E-state index contributed by atoms with van der Waals surface area (Å²) in [6, 6.07) is 9.66. The minimum atomic E-state index is 0.183. The van der Waals surface area contributed by atoms with Crippen molar-refractivity contribution >= 4 is 5.78 Å². The molecule has 0 aromatic heterocycles. The first kappa shape index (κ1) is 13.0. The lowest BCUT2D eigenvalue weighted by Gasteiger charge is -2.19. The molecule has 0 saturated heterocycles. The summed E-state index contributed by atoms with van der Waals surface area (Å²) in [7, 11) is 0. The van der Waals surface area contributed by atoms with Gasteiger partial charge in [-0.05, 0) is 12.3 Å². The van der Waals surface area contributed by atoms with Gasteiger partial charge in [0.15, 0.2) is 5.78 Å². The van der Waals surface area contributed by atoms with Crippen LogP contribution in [0.2, 0.25) is 0 Å². The fraction of sp³-hybridized carbons (Fsp3) is 0.533. The number of benzene rings is 1. The molecule has 0 saturated carbocycles. The molecule has 0 aliphatic rings. The number of rotatable bonds is 6. The summed E-state index contributed by atoms with van der Waals surface area (Å²) < 4.78 is 0. The van der Waals surface area contributed by atoms with E-state index in [0.29, 0.717) is 11.7 Å². The first-order valence-corrected chi connectivity index (χ1v) is 6.26. The average molecular weight is 218 g/mol. The summed E-state index contributed by atoms with van der Waals surface area (Å²) in [6.45, 7) is 6.45. The number of carbonyl (C=O) groups excluding carboxylic acids is 1. The van der Waals surface area contributed by atoms with E-state index in [1.807, 2.05) is 30.3 Å². The third kappa shape index (κ3) is 3.48. The maximum Gasteiger partial charge on any atom is 0.166 e. The van der Waals surface area contributed by atoms with Gasteiger partial charge in [-0.15, -0.1) is 0 Å². The zero-order chi connectivity index (χ0) is 12.0. The van der Waals surface area contributed by atoms with Gasteiger partial charge in [0.2, 0.25) is 0 Å². The largest absolute Gasteiger partial charge is 0.294 e. The molecule has 1 heteroatoms. The molecular formula is C15H22O. The van der Waals surface area contributed by atoms with Crippen molar-refractivity contribution in [3.05, 3.63) is 35.9 Å². The molecule has 0 spiro atoms. The van der Waals surface area contributed by atoms with Crippen LogP contribution in [0.1, 0.15) is 50.4 Å². The lowest BCUT2D eigenvalue weighted by Crippen LogP contribution is -2.20. The highest BCUT2D eigenvalue weighted by Crippen LogP contribution is 2.22. The van der Waals surface area contributed by atoms with Crippen molar-refractivity contribution < 1.29 is 4.79 Å². The van der Waals surface area contributed by atoms with Gasteiger partial charge in [-0.2, -0.15) is 0 Å². The molecule has 0 heterocycles. The molecule has 1 atom stereocenters. The van der Waals surface area contributed by atoms with Crippen LogP contribution in [0.5, 0.6) is 0 Å². The van der Waals surface area contributed by atoms with Crippen LogP contribution in [-0.4, -0.2) is 5.78 Å². The normalized spacial score (nSPS) is 12.8. The zero-order valence-electron chi connectivity index (χ0n) is 10.6. The Labute approximate surface area is 98.9 Å².